The van der Waals surface area contributed by atoms with Crippen LogP contribution in [0.15, 0.2) is 36.4 Å². The molecule has 26 heavy (non-hydrogen) atoms. The van der Waals surface area contributed by atoms with Crippen molar-refractivity contribution in [1.29, 1.82) is 0 Å². The Morgan fingerprint density at radius 1 is 1.27 bits per heavy atom. The Morgan fingerprint density at radius 3 is 2.65 bits per heavy atom. The van der Waals surface area contributed by atoms with Crippen LogP contribution in [0.3, 0.4) is 0 Å². The van der Waals surface area contributed by atoms with Gasteiger partial charge in [0, 0.05) is 44.0 Å². The van der Waals surface area contributed by atoms with E-state index in [0.29, 0.717) is 13.0 Å². The largest absolute Gasteiger partial charge is 0.493 e. The van der Waals surface area contributed by atoms with Gasteiger partial charge in [-0.25, -0.2) is 0 Å². The molecule has 1 aromatic rings. The van der Waals surface area contributed by atoms with Crippen LogP contribution in [0.4, 0.5) is 0 Å². The summed E-state index contributed by atoms with van der Waals surface area (Å²) in [5.41, 5.74) is 1.34. The Balaban J connectivity index is 0.00000338. The average molecular weight is 453 g/mol. The van der Waals surface area contributed by atoms with Gasteiger partial charge in [0.15, 0.2) is 0 Å². The first-order valence-corrected chi connectivity index (χ1v) is 9.76. The zero-order valence-corrected chi connectivity index (χ0v) is 19.9. The van der Waals surface area contributed by atoms with Gasteiger partial charge < -0.3 is 16.8 Å². The second kappa shape index (κ2) is 11.2. The third-order valence-corrected chi connectivity index (χ3v) is 5.57. The molecule has 1 radical (unpaired) electrons. The second-order valence-corrected chi connectivity index (χ2v) is 8.65. The maximum atomic E-state index is 10.4. The van der Waals surface area contributed by atoms with E-state index in [1.165, 1.54) is 5.56 Å². The van der Waals surface area contributed by atoms with E-state index in [4.69, 9.17) is 16.3 Å². The summed E-state index contributed by atoms with van der Waals surface area (Å²) in [5.74, 6) is 1.19. The summed E-state index contributed by atoms with van der Waals surface area (Å²) in [6.45, 7) is 10.9. The van der Waals surface area contributed by atoms with Gasteiger partial charge in [0.1, 0.15) is 5.75 Å². The van der Waals surface area contributed by atoms with Crippen molar-refractivity contribution in [1.82, 2.24) is 0 Å². The Labute approximate surface area is 189 Å². The molecule has 2 rings (SSSR count). The molecule has 0 heterocycles. The Morgan fingerprint density at radius 2 is 2.00 bits per heavy atom. The Kier molecular flexibility index (Phi) is 10.4. The first-order chi connectivity index (χ1) is 11.8. The number of benzene rings is 1. The van der Waals surface area contributed by atoms with Crippen molar-refractivity contribution in [3.63, 3.8) is 0 Å². The van der Waals surface area contributed by atoms with Gasteiger partial charge in [0.25, 0.3) is 0 Å². The fraction of sp³-hybridized carbons (Fsp3) is 0.591. The molecule has 1 aliphatic rings. The molecule has 1 aliphatic carbocycles. The van der Waals surface area contributed by atoms with Crippen LogP contribution in [0.2, 0.25) is 0 Å². The van der Waals surface area contributed by atoms with Gasteiger partial charge in [0.05, 0.1) is 12.7 Å². The summed E-state index contributed by atoms with van der Waals surface area (Å²) in [5, 5.41) is 10.4. The van der Waals surface area contributed by atoms with Gasteiger partial charge in [-0.3, -0.25) is 0 Å². The molecule has 1 saturated carbocycles. The minimum atomic E-state index is -0.389. The van der Waals surface area contributed by atoms with Crippen molar-refractivity contribution in [3.05, 3.63) is 48.9 Å². The van der Waals surface area contributed by atoms with E-state index in [1.807, 2.05) is 12.1 Å². The maximum absolute atomic E-state index is 10.4. The number of hydrogen-bond donors (Lipinski definition) is 1. The van der Waals surface area contributed by atoms with Crippen LogP contribution in [-0.2, 0) is 38.1 Å². The Hall–Kier alpha value is 0.114. The molecule has 0 bridgehead atoms. The SMILES string of the molecule is [CH2-]CC/C=C\C[C@@H]1[C@@H](COc2cccc(C(C)(C)C)c2)[C@H](O)C[C@H]1Cl.[Y]. The minimum absolute atomic E-state index is 0. The number of hydrogen-bond acceptors (Lipinski definition) is 2. The summed E-state index contributed by atoms with van der Waals surface area (Å²) < 4.78 is 6.05. The van der Waals surface area contributed by atoms with Crippen LogP contribution in [0.1, 0.15) is 52.0 Å². The van der Waals surface area contributed by atoms with E-state index in [-0.39, 0.29) is 61.4 Å². The van der Waals surface area contributed by atoms with Crippen LogP contribution < -0.4 is 4.74 Å². The first-order valence-electron chi connectivity index (χ1n) is 9.32. The monoisotopic (exact) mass is 452 g/mol. The molecular formula is C22H32ClO2Y-. The number of rotatable bonds is 7. The van der Waals surface area contributed by atoms with Crippen molar-refractivity contribution >= 4 is 11.6 Å². The van der Waals surface area contributed by atoms with E-state index in [0.717, 1.165) is 25.0 Å². The molecular weight excluding hydrogens is 421 g/mol. The molecule has 1 fully saturated rings. The van der Waals surface area contributed by atoms with E-state index in [2.05, 4.69) is 52.0 Å². The quantitative estimate of drug-likeness (QED) is 0.335. The van der Waals surface area contributed by atoms with Crippen LogP contribution in [0.25, 0.3) is 0 Å². The van der Waals surface area contributed by atoms with Crippen molar-refractivity contribution in [2.24, 2.45) is 11.8 Å². The number of alkyl halides is 1. The molecule has 0 aliphatic heterocycles. The van der Waals surface area contributed by atoms with Crippen molar-refractivity contribution in [2.75, 3.05) is 6.61 Å². The zero-order valence-electron chi connectivity index (χ0n) is 16.3. The molecule has 143 valence electrons. The van der Waals surface area contributed by atoms with Gasteiger partial charge in [-0.2, -0.15) is 6.42 Å². The molecule has 1 aromatic carbocycles. The predicted molar refractivity (Wildman–Crippen MR) is 106 cm³/mol. The van der Waals surface area contributed by atoms with Crippen LogP contribution in [0, 0.1) is 18.8 Å². The number of halogens is 1. The summed E-state index contributed by atoms with van der Waals surface area (Å²) in [6.07, 6.45) is 7.38. The molecule has 0 saturated heterocycles. The standard InChI is InChI=1S/C22H32ClO2.Y/c1-5-6-7-8-12-18-19(21(24)14-20(18)23)15-25-17-11-9-10-16(13-17)22(2,3)4;/h7-11,13,18-21,24H,1,5-6,12,14-15H2,2-4H3;/q-1;/b8-7-;/t18-,19-,20-,21-;/m1./s1. The molecule has 2 nitrogen and oxygen atoms in total. The molecule has 0 unspecified atom stereocenters. The van der Waals surface area contributed by atoms with Gasteiger partial charge in [0.2, 0.25) is 0 Å². The summed E-state index contributed by atoms with van der Waals surface area (Å²) in [6, 6.07) is 8.24. The molecule has 0 spiro atoms. The minimum Gasteiger partial charge on any atom is -0.493 e. The third kappa shape index (κ3) is 6.93. The number of aliphatic hydroxyl groups excluding tert-OH is 1. The summed E-state index contributed by atoms with van der Waals surface area (Å²) in [4.78, 5) is 0. The van der Waals surface area contributed by atoms with Crippen LogP contribution >= 0.6 is 11.6 Å². The summed E-state index contributed by atoms with van der Waals surface area (Å²) >= 11 is 6.49. The molecule has 1 N–H and O–H groups in total. The molecule has 4 atom stereocenters. The van der Waals surface area contributed by atoms with Crippen LogP contribution in [-0.4, -0.2) is 23.2 Å². The van der Waals surface area contributed by atoms with Gasteiger partial charge in [-0.15, -0.1) is 11.6 Å². The molecule has 0 amide bonds. The average Bonchev–Trinajstić information content (AvgIpc) is 2.82. The number of unbranched alkanes of at least 4 members (excludes halogenated alkanes) is 1. The maximum Gasteiger partial charge on any atom is 0.119 e. The number of aliphatic hydroxyl groups is 1. The predicted octanol–water partition coefficient (Wildman–Crippen LogP) is 5.53. The topological polar surface area (TPSA) is 29.5 Å². The zero-order chi connectivity index (χ0) is 18.4. The normalized spacial score (nSPS) is 26.1. The third-order valence-electron chi connectivity index (χ3n) is 5.06. The molecule has 0 aromatic heterocycles. The fourth-order valence-corrected chi connectivity index (χ4v) is 3.90. The number of allylic oxidation sites excluding steroid dienone is 2. The van der Waals surface area contributed by atoms with Crippen LogP contribution in [0.5, 0.6) is 5.75 Å². The smallest absolute Gasteiger partial charge is 0.119 e. The Bertz CT molecular complexity index is 568. The first kappa shape index (κ1) is 24.2. The van der Waals surface area contributed by atoms with E-state index in [9.17, 15) is 5.11 Å². The van der Waals surface area contributed by atoms with Crippen molar-refractivity contribution < 1.29 is 42.6 Å². The van der Waals surface area contributed by atoms with Gasteiger partial charge in [-0.1, -0.05) is 51.5 Å². The second-order valence-electron chi connectivity index (χ2n) is 8.08. The van der Waals surface area contributed by atoms with Gasteiger partial charge >= 0.3 is 0 Å². The summed E-state index contributed by atoms with van der Waals surface area (Å²) in [7, 11) is 0. The number of ether oxygens (including phenoxy) is 1. The van der Waals surface area contributed by atoms with Gasteiger partial charge in [-0.05, 0) is 41.9 Å². The van der Waals surface area contributed by atoms with Crippen molar-refractivity contribution in [3.8, 4) is 5.75 Å². The molecule has 4 heteroatoms. The van der Waals surface area contributed by atoms with E-state index < -0.39 is 0 Å². The van der Waals surface area contributed by atoms with E-state index >= 15 is 0 Å². The van der Waals surface area contributed by atoms with Crippen molar-refractivity contribution in [2.45, 2.75) is 63.4 Å². The fourth-order valence-electron chi connectivity index (χ4n) is 3.42. The van der Waals surface area contributed by atoms with E-state index in [1.54, 1.807) is 0 Å².